The molecule has 100 valence electrons. The van der Waals surface area contributed by atoms with E-state index in [-0.39, 0.29) is 35.0 Å². The standard InChI is InChI=1S/C6H6O8S2.Na.H2O.H/c7-3-1-5(15(9,10)11)4(8)2-6(3)16(12,13)14;;;/h1-2,7-8H,(H,9,10,11)(H,12,13,14);;1H2;. The molecule has 0 radical (unpaired) electrons. The van der Waals surface area contributed by atoms with Gasteiger partial charge in [0, 0.05) is 12.1 Å². The van der Waals surface area contributed by atoms with Crippen LogP contribution in [0.3, 0.4) is 0 Å². The second-order valence-corrected chi connectivity index (χ2v) is 5.52. The number of benzene rings is 1. The molecule has 1 aromatic rings. The molecule has 9 nitrogen and oxygen atoms in total. The summed E-state index contributed by atoms with van der Waals surface area (Å²) in [6.45, 7) is 0. The summed E-state index contributed by atoms with van der Waals surface area (Å²) in [7, 11) is -9.61. The van der Waals surface area contributed by atoms with Crippen molar-refractivity contribution in [3.05, 3.63) is 12.1 Å². The van der Waals surface area contributed by atoms with Crippen LogP contribution in [-0.2, 0) is 20.2 Å². The summed E-state index contributed by atoms with van der Waals surface area (Å²) in [6.07, 6.45) is 0. The molecule has 0 aliphatic carbocycles. The second-order valence-electron chi connectivity index (χ2n) is 2.74. The van der Waals surface area contributed by atoms with Gasteiger partial charge in [0.1, 0.15) is 21.3 Å². The van der Waals surface area contributed by atoms with Crippen LogP contribution in [0.1, 0.15) is 0 Å². The van der Waals surface area contributed by atoms with E-state index in [9.17, 15) is 16.8 Å². The molecule has 0 unspecified atom stereocenters. The van der Waals surface area contributed by atoms with Gasteiger partial charge in [-0.25, -0.2) is 0 Å². The van der Waals surface area contributed by atoms with Gasteiger partial charge in [0.2, 0.25) is 0 Å². The van der Waals surface area contributed by atoms with Crippen LogP contribution in [0.15, 0.2) is 21.9 Å². The van der Waals surface area contributed by atoms with Crippen LogP contribution in [-0.4, -0.2) is 71.2 Å². The zero-order valence-corrected chi connectivity index (χ0v) is 9.53. The third-order valence-electron chi connectivity index (χ3n) is 1.60. The molecule has 1 rings (SSSR count). The van der Waals surface area contributed by atoms with E-state index in [1.54, 1.807) is 0 Å². The Kier molecular flexibility index (Phi) is 6.82. The number of phenolic OH excluding ortho intramolecular Hbond substituents is 2. The molecule has 0 saturated heterocycles. The van der Waals surface area contributed by atoms with Gasteiger partial charge in [-0.15, -0.1) is 0 Å². The molecule has 0 saturated carbocycles. The molecule has 0 heterocycles. The molecule has 18 heavy (non-hydrogen) atoms. The van der Waals surface area contributed by atoms with Gasteiger partial charge in [-0.2, -0.15) is 16.8 Å². The van der Waals surface area contributed by atoms with Gasteiger partial charge in [-0.1, -0.05) is 0 Å². The van der Waals surface area contributed by atoms with E-state index in [1.165, 1.54) is 0 Å². The van der Waals surface area contributed by atoms with Crippen molar-refractivity contribution in [1.82, 2.24) is 0 Å². The summed E-state index contributed by atoms with van der Waals surface area (Å²) in [4.78, 5) is -2.14. The Morgan fingerprint density at radius 1 is 0.778 bits per heavy atom. The Bertz CT molecular complexity index is 576. The van der Waals surface area contributed by atoms with Gasteiger partial charge in [0.05, 0.1) is 0 Å². The van der Waals surface area contributed by atoms with Gasteiger partial charge in [0.25, 0.3) is 20.2 Å². The van der Waals surface area contributed by atoms with Crippen molar-refractivity contribution in [2.45, 2.75) is 9.79 Å². The van der Waals surface area contributed by atoms with Gasteiger partial charge in [-0.05, 0) is 0 Å². The molecule has 0 spiro atoms. The monoisotopic (exact) mass is 312 g/mol. The number of hydrogen-bond donors (Lipinski definition) is 4. The van der Waals surface area contributed by atoms with Gasteiger partial charge in [0.15, 0.2) is 0 Å². The van der Waals surface area contributed by atoms with Gasteiger partial charge < -0.3 is 15.7 Å². The molecule has 0 fully saturated rings. The summed E-state index contributed by atoms with van der Waals surface area (Å²) < 4.78 is 59.7. The second kappa shape index (κ2) is 6.16. The normalized spacial score (nSPS) is 11.2. The molecule has 0 aliphatic rings. The Labute approximate surface area is 124 Å². The molecular weight excluding hydrogens is 303 g/mol. The molecular formula is C6H9NaO9S2. The van der Waals surface area contributed by atoms with E-state index in [4.69, 9.17) is 19.3 Å². The minimum absolute atomic E-state index is 0. The Balaban J connectivity index is 0. The zero-order valence-electron chi connectivity index (χ0n) is 7.89. The Morgan fingerprint density at radius 2 is 1.00 bits per heavy atom. The average molecular weight is 312 g/mol. The first-order chi connectivity index (χ1) is 7.03. The van der Waals surface area contributed by atoms with Crippen LogP contribution in [0.4, 0.5) is 0 Å². The third kappa shape index (κ3) is 4.37. The first-order valence-corrected chi connectivity index (χ1v) is 6.42. The van der Waals surface area contributed by atoms with E-state index < -0.39 is 41.5 Å². The topological polar surface area (TPSA) is 181 Å². The number of aromatic hydroxyl groups is 2. The fourth-order valence-electron chi connectivity index (χ4n) is 0.952. The van der Waals surface area contributed by atoms with Crippen molar-refractivity contribution in [3.63, 3.8) is 0 Å². The van der Waals surface area contributed by atoms with E-state index in [0.717, 1.165) is 0 Å². The van der Waals surface area contributed by atoms with Crippen molar-refractivity contribution in [1.29, 1.82) is 0 Å². The minimum atomic E-state index is -4.80. The first-order valence-electron chi connectivity index (χ1n) is 3.54. The third-order valence-corrected chi connectivity index (χ3v) is 3.36. The van der Waals surface area contributed by atoms with Crippen molar-refractivity contribution < 1.29 is 41.6 Å². The molecule has 0 amide bonds. The van der Waals surface area contributed by atoms with Crippen LogP contribution in [0, 0.1) is 0 Å². The summed E-state index contributed by atoms with van der Waals surface area (Å²) in [5, 5.41) is 18.2. The molecule has 0 aliphatic heterocycles. The molecule has 1 aromatic carbocycles. The summed E-state index contributed by atoms with van der Waals surface area (Å²) in [5.41, 5.74) is 0. The van der Waals surface area contributed by atoms with Crippen molar-refractivity contribution >= 4 is 49.8 Å². The predicted octanol–water partition coefficient (Wildman–Crippen LogP) is -1.88. The maximum absolute atomic E-state index is 10.6. The molecule has 0 aromatic heterocycles. The number of rotatable bonds is 2. The zero-order chi connectivity index (χ0) is 12.7. The number of phenols is 2. The van der Waals surface area contributed by atoms with E-state index in [2.05, 4.69) is 0 Å². The molecule has 0 atom stereocenters. The molecule has 0 bridgehead atoms. The fraction of sp³-hybridized carbons (Fsp3) is 0. The van der Waals surface area contributed by atoms with Crippen molar-refractivity contribution in [2.24, 2.45) is 0 Å². The van der Waals surface area contributed by atoms with Gasteiger partial charge in [-0.3, -0.25) is 9.11 Å². The van der Waals surface area contributed by atoms with Crippen LogP contribution in [0.2, 0.25) is 0 Å². The summed E-state index contributed by atoms with van der Waals surface area (Å²) >= 11 is 0. The van der Waals surface area contributed by atoms with Crippen LogP contribution in [0.5, 0.6) is 11.5 Å². The van der Waals surface area contributed by atoms with Crippen molar-refractivity contribution in [2.75, 3.05) is 0 Å². The summed E-state index contributed by atoms with van der Waals surface area (Å²) in [5.74, 6) is -2.24. The Morgan fingerprint density at radius 3 is 1.17 bits per heavy atom. The molecule has 12 heteroatoms. The van der Waals surface area contributed by atoms with E-state index in [1.807, 2.05) is 0 Å². The SMILES string of the molecule is O.O=S(=O)(O)c1cc(O)c(S(=O)(=O)O)cc1O.[NaH]. The van der Waals surface area contributed by atoms with Crippen molar-refractivity contribution in [3.8, 4) is 11.5 Å². The average Bonchev–Trinajstić information content (AvgIpc) is 2.04. The predicted molar refractivity (Wildman–Crippen MR) is 60.2 cm³/mol. The number of hydrogen-bond acceptors (Lipinski definition) is 6. The van der Waals surface area contributed by atoms with E-state index >= 15 is 0 Å². The maximum atomic E-state index is 10.6. The fourth-order valence-corrected chi connectivity index (χ4v) is 2.12. The Hall–Kier alpha value is -0.400. The quantitative estimate of drug-likeness (QED) is 0.278. The van der Waals surface area contributed by atoms with Gasteiger partial charge >= 0.3 is 29.6 Å². The van der Waals surface area contributed by atoms with Crippen LogP contribution < -0.4 is 0 Å². The van der Waals surface area contributed by atoms with Crippen LogP contribution in [0.25, 0.3) is 0 Å². The van der Waals surface area contributed by atoms with Crippen LogP contribution >= 0.6 is 0 Å². The summed E-state index contributed by atoms with van der Waals surface area (Å²) in [6, 6.07) is 0.599. The molecule has 6 N–H and O–H groups in total. The first kappa shape index (κ1) is 19.9. The van der Waals surface area contributed by atoms with E-state index in [0.29, 0.717) is 12.1 Å².